The van der Waals surface area contributed by atoms with E-state index in [1.54, 1.807) is 18.5 Å². The summed E-state index contributed by atoms with van der Waals surface area (Å²) in [6.45, 7) is 4.50. The van der Waals surface area contributed by atoms with Gasteiger partial charge in [0.15, 0.2) is 11.6 Å². The van der Waals surface area contributed by atoms with Gasteiger partial charge in [-0.25, -0.2) is 4.39 Å². The lowest BCUT2D eigenvalue weighted by molar-refractivity contribution is 0.321. The molecule has 0 radical (unpaired) electrons. The molecular formula is C19H25FN2O. The zero-order valence-electron chi connectivity index (χ0n) is 14.0. The van der Waals surface area contributed by atoms with Crippen molar-refractivity contribution in [3.63, 3.8) is 0 Å². The van der Waals surface area contributed by atoms with E-state index in [4.69, 9.17) is 4.74 Å². The van der Waals surface area contributed by atoms with Crippen LogP contribution in [0.1, 0.15) is 51.6 Å². The topological polar surface area (TPSA) is 35.0 Å². The molecule has 23 heavy (non-hydrogen) atoms. The van der Waals surface area contributed by atoms with Crippen molar-refractivity contribution in [1.82, 2.24) is 9.97 Å². The van der Waals surface area contributed by atoms with Crippen molar-refractivity contribution in [3.8, 4) is 17.0 Å². The first-order chi connectivity index (χ1) is 11.2. The van der Waals surface area contributed by atoms with Crippen molar-refractivity contribution in [2.24, 2.45) is 0 Å². The van der Waals surface area contributed by atoms with Crippen molar-refractivity contribution in [2.75, 3.05) is 6.61 Å². The summed E-state index contributed by atoms with van der Waals surface area (Å²) in [6, 6.07) is 4.89. The minimum absolute atomic E-state index is 0.271. The summed E-state index contributed by atoms with van der Waals surface area (Å²) < 4.78 is 19.1. The summed E-state index contributed by atoms with van der Waals surface area (Å²) in [7, 11) is 0. The molecular weight excluding hydrogens is 291 g/mol. The molecule has 2 aromatic rings. The van der Waals surface area contributed by atoms with Crippen LogP contribution < -0.4 is 4.74 Å². The smallest absolute Gasteiger partial charge is 0.165 e. The van der Waals surface area contributed by atoms with Crippen LogP contribution in [0.5, 0.6) is 5.75 Å². The summed E-state index contributed by atoms with van der Waals surface area (Å²) in [5.74, 6) is -0.0981. The number of ether oxygens (including phenoxy) is 1. The molecule has 0 bridgehead atoms. The Labute approximate surface area is 137 Å². The Balaban J connectivity index is 1.95. The van der Waals surface area contributed by atoms with E-state index in [9.17, 15) is 4.39 Å². The molecule has 0 unspecified atom stereocenters. The Hall–Kier alpha value is -1.97. The Bertz CT molecular complexity index is 599. The molecule has 0 N–H and O–H groups in total. The first-order valence-corrected chi connectivity index (χ1v) is 8.48. The molecule has 124 valence electrons. The van der Waals surface area contributed by atoms with Gasteiger partial charge >= 0.3 is 0 Å². The highest BCUT2D eigenvalue weighted by Gasteiger charge is 2.07. The molecule has 0 saturated carbocycles. The maximum atomic E-state index is 13.9. The quantitative estimate of drug-likeness (QED) is 0.597. The van der Waals surface area contributed by atoms with E-state index in [0.717, 1.165) is 18.5 Å². The molecule has 0 aliphatic rings. The molecule has 1 aromatic heterocycles. The van der Waals surface area contributed by atoms with Gasteiger partial charge in [0, 0.05) is 11.8 Å². The number of hydrogen-bond donors (Lipinski definition) is 0. The third kappa shape index (κ3) is 5.31. The fourth-order valence-corrected chi connectivity index (χ4v) is 2.48. The zero-order valence-corrected chi connectivity index (χ0v) is 14.0. The van der Waals surface area contributed by atoms with Crippen LogP contribution in [0.3, 0.4) is 0 Å². The highest BCUT2D eigenvalue weighted by molar-refractivity contribution is 5.59. The van der Waals surface area contributed by atoms with Gasteiger partial charge in [0.25, 0.3) is 0 Å². The fraction of sp³-hybridized carbons (Fsp3) is 0.474. The Morgan fingerprint density at radius 2 is 1.83 bits per heavy atom. The van der Waals surface area contributed by atoms with Crippen LogP contribution in [0.2, 0.25) is 0 Å². The molecule has 2 rings (SSSR count). The number of rotatable bonds is 9. The van der Waals surface area contributed by atoms with Crippen LogP contribution in [0, 0.1) is 5.82 Å². The second-order valence-corrected chi connectivity index (χ2v) is 5.64. The van der Waals surface area contributed by atoms with Crippen LogP contribution in [0.25, 0.3) is 11.3 Å². The van der Waals surface area contributed by atoms with E-state index < -0.39 is 0 Å². The Morgan fingerprint density at radius 3 is 2.48 bits per heavy atom. The predicted octanol–water partition coefficient (Wildman–Crippen LogP) is 5.19. The molecule has 0 saturated heterocycles. The fourth-order valence-electron chi connectivity index (χ4n) is 2.48. The van der Waals surface area contributed by atoms with Crippen molar-refractivity contribution in [1.29, 1.82) is 0 Å². The zero-order chi connectivity index (χ0) is 16.5. The molecule has 0 atom stereocenters. The minimum atomic E-state index is -0.369. The van der Waals surface area contributed by atoms with E-state index >= 15 is 0 Å². The molecule has 0 spiro atoms. The predicted molar refractivity (Wildman–Crippen MR) is 91.1 cm³/mol. The summed E-state index contributed by atoms with van der Waals surface area (Å²) in [6.07, 6.45) is 10.7. The first kappa shape index (κ1) is 17.4. The lowest BCUT2D eigenvalue weighted by atomic mass is 10.1. The van der Waals surface area contributed by atoms with E-state index in [-0.39, 0.29) is 11.6 Å². The van der Waals surface area contributed by atoms with Gasteiger partial charge < -0.3 is 4.74 Å². The summed E-state index contributed by atoms with van der Waals surface area (Å²) in [4.78, 5) is 8.86. The van der Waals surface area contributed by atoms with Crippen molar-refractivity contribution in [2.45, 2.75) is 52.4 Å². The Morgan fingerprint density at radius 1 is 1.00 bits per heavy atom. The number of aromatic nitrogens is 2. The normalized spacial score (nSPS) is 10.7. The second kappa shape index (κ2) is 9.23. The molecule has 3 nitrogen and oxygen atoms in total. The van der Waals surface area contributed by atoms with Crippen LogP contribution in [0.15, 0.2) is 30.6 Å². The molecule has 0 fully saturated rings. The van der Waals surface area contributed by atoms with Crippen molar-refractivity contribution in [3.05, 3.63) is 42.1 Å². The van der Waals surface area contributed by atoms with Crippen molar-refractivity contribution >= 4 is 0 Å². The highest BCUT2D eigenvalue weighted by Crippen LogP contribution is 2.24. The molecule has 0 amide bonds. The number of hydrogen-bond acceptors (Lipinski definition) is 3. The average Bonchev–Trinajstić information content (AvgIpc) is 2.57. The van der Waals surface area contributed by atoms with Gasteiger partial charge in [-0.3, -0.25) is 9.97 Å². The number of unbranched alkanes of at least 4 members (excludes halogenated alkanes) is 4. The summed E-state index contributed by atoms with van der Waals surface area (Å²) in [5.41, 5.74) is 2.39. The number of halogens is 1. The SMILES string of the molecule is CCCCCCCc1cnc(-c2ccc(OCC)c(F)c2)cn1. The van der Waals surface area contributed by atoms with Crippen LogP contribution in [0.4, 0.5) is 4.39 Å². The second-order valence-electron chi connectivity index (χ2n) is 5.64. The van der Waals surface area contributed by atoms with E-state index in [0.29, 0.717) is 17.9 Å². The lowest BCUT2D eigenvalue weighted by Crippen LogP contribution is -1.96. The largest absolute Gasteiger partial charge is 0.491 e. The van der Waals surface area contributed by atoms with E-state index in [1.807, 2.05) is 13.0 Å². The van der Waals surface area contributed by atoms with Crippen LogP contribution in [-0.2, 0) is 6.42 Å². The lowest BCUT2D eigenvalue weighted by Gasteiger charge is -2.07. The van der Waals surface area contributed by atoms with Gasteiger partial charge in [-0.15, -0.1) is 0 Å². The molecule has 1 heterocycles. The van der Waals surface area contributed by atoms with Gasteiger partial charge in [-0.1, -0.05) is 32.6 Å². The maximum Gasteiger partial charge on any atom is 0.165 e. The maximum absolute atomic E-state index is 13.9. The third-order valence-electron chi connectivity index (χ3n) is 3.77. The molecule has 4 heteroatoms. The minimum Gasteiger partial charge on any atom is -0.491 e. The third-order valence-corrected chi connectivity index (χ3v) is 3.77. The molecule has 1 aromatic carbocycles. The van der Waals surface area contributed by atoms with Gasteiger partial charge in [-0.05, 0) is 38.0 Å². The van der Waals surface area contributed by atoms with Crippen LogP contribution in [-0.4, -0.2) is 16.6 Å². The number of aryl methyl sites for hydroxylation is 1. The summed E-state index contributed by atoms with van der Waals surface area (Å²) in [5, 5.41) is 0. The van der Waals surface area contributed by atoms with Gasteiger partial charge in [0.2, 0.25) is 0 Å². The van der Waals surface area contributed by atoms with E-state index in [2.05, 4.69) is 16.9 Å². The summed E-state index contributed by atoms with van der Waals surface area (Å²) >= 11 is 0. The van der Waals surface area contributed by atoms with Gasteiger partial charge in [-0.2, -0.15) is 0 Å². The first-order valence-electron chi connectivity index (χ1n) is 8.48. The molecule has 0 aliphatic carbocycles. The van der Waals surface area contributed by atoms with Gasteiger partial charge in [0.05, 0.1) is 24.2 Å². The number of nitrogens with zero attached hydrogens (tertiary/aromatic N) is 2. The van der Waals surface area contributed by atoms with Gasteiger partial charge in [0.1, 0.15) is 0 Å². The van der Waals surface area contributed by atoms with Crippen LogP contribution >= 0.6 is 0 Å². The molecule has 0 aliphatic heterocycles. The standard InChI is InChI=1S/C19H25FN2O/c1-3-5-6-7-8-9-16-13-22-18(14-21-16)15-10-11-19(23-4-2)17(20)12-15/h10-14H,3-9H2,1-2H3. The van der Waals surface area contributed by atoms with E-state index in [1.165, 1.54) is 31.7 Å². The average molecular weight is 316 g/mol. The highest BCUT2D eigenvalue weighted by atomic mass is 19.1. The Kier molecular flexibility index (Phi) is 6.98. The monoisotopic (exact) mass is 316 g/mol. The van der Waals surface area contributed by atoms with Crippen molar-refractivity contribution < 1.29 is 9.13 Å². The number of benzene rings is 1.